The van der Waals surface area contributed by atoms with Gasteiger partial charge in [0, 0.05) is 11.3 Å². The molecule has 0 aromatic heterocycles. The normalized spacial score (nSPS) is 22.8. The van der Waals surface area contributed by atoms with Crippen LogP contribution in [0.5, 0.6) is 0 Å². The second kappa shape index (κ2) is 7.79. The van der Waals surface area contributed by atoms with E-state index < -0.39 is 27.5 Å². The Bertz CT molecular complexity index is 1270. The molecule has 3 aromatic rings. The molecule has 3 aromatic carbocycles. The number of β-lactam (4-membered cyclic amide) rings is 1. The van der Waals surface area contributed by atoms with Crippen molar-refractivity contribution in [3.63, 3.8) is 0 Å². The fourth-order valence-electron chi connectivity index (χ4n) is 4.42. The van der Waals surface area contributed by atoms with Crippen molar-refractivity contribution < 1.29 is 18.0 Å². The summed E-state index contributed by atoms with van der Waals surface area (Å²) in [6.07, 6.45) is 0. The molecule has 2 fully saturated rings. The summed E-state index contributed by atoms with van der Waals surface area (Å²) in [7, 11) is -4.09. The minimum absolute atomic E-state index is 0.0516. The first kappa shape index (κ1) is 20.8. The van der Waals surface area contributed by atoms with Crippen molar-refractivity contribution >= 4 is 33.6 Å². The standard InChI is InChI=1S/C24H20N2O4S2/c27-22(19-12-6-2-7-13-19)25-17-31-16-24(25)21(18-10-4-1-5-11-18)26(23(24)28)32(29,30)20-14-8-3-9-15-20/h1-15,21H,16-17H2/t21-,24-/m1/s1. The van der Waals surface area contributed by atoms with Crippen LogP contribution in [0.25, 0.3) is 0 Å². The molecule has 0 aliphatic carbocycles. The highest BCUT2D eigenvalue weighted by Crippen LogP contribution is 2.54. The molecule has 162 valence electrons. The van der Waals surface area contributed by atoms with Gasteiger partial charge in [-0.2, -0.15) is 0 Å². The van der Waals surface area contributed by atoms with Gasteiger partial charge in [-0.05, 0) is 29.8 Å². The molecule has 2 aliphatic rings. The summed E-state index contributed by atoms with van der Waals surface area (Å²) in [4.78, 5) is 28.7. The van der Waals surface area contributed by atoms with Crippen molar-refractivity contribution in [3.05, 3.63) is 102 Å². The zero-order valence-electron chi connectivity index (χ0n) is 17.0. The predicted molar refractivity (Wildman–Crippen MR) is 122 cm³/mol. The van der Waals surface area contributed by atoms with Gasteiger partial charge in [0.2, 0.25) is 0 Å². The van der Waals surface area contributed by atoms with Crippen molar-refractivity contribution in [2.45, 2.75) is 16.5 Å². The Morgan fingerprint density at radius 3 is 2.06 bits per heavy atom. The topological polar surface area (TPSA) is 74.8 Å². The van der Waals surface area contributed by atoms with E-state index in [0.29, 0.717) is 22.8 Å². The number of hydrogen-bond donors (Lipinski definition) is 0. The summed E-state index contributed by atoms with van der Waals surface area (Å²) in [5.74, 6) is -0.182. The molecule has 2 heterocycles. The predicted octanol–water partition coefficient (Wildman–Crippen LogP) is 3.54. The zero-order chi connectivity index (χ0) is 22.3. The second-order valence-electron chi connectivity index (χ2n) is 7.73. The summed E-state index contributed by atoms with van der Waals surface area (Å²) in [6.45, 7) is 0. The molecule has 0 unspecified atom stereocenters. The number of carbonyl (C=O) groups excluding carboxylic acids is 2. The van der Waals surface area contributed by atoms with Crippen LogP contribution in [0, 0.1) is 0 Å². The number of hydrogen-bond acceptors (Lipinski definition) is 5. The van der Waals surface area contributed by atoms with Gasteiger partial charge in [-0.25, -0.2) is 12.7 Å². The maximum atomic E-state index is 13.7. The molecular formula is C24H20N2O4S2. The van der Waals surface area contributed by atoms with Gasteiger partial charge in [0.25, 0.3) is 21.8 Å². The van der Waals surface area contributed by atoms with E-state index in [-0.39, 0.29) is 10.8 Å². The third kappa shape index (κ3) is 2.97. The van der Waals surface area contributed by atoms with Crippen LogP contribution in [0.4, 0.5) is 0 Å². The van der Waals surface area contributed by atoms with E-state index in [1.807, 2.05) is 24.3 Å². The fraction of sp³-hybridized carbons (Fsp3) is 0.167. The van der Waals surface area contributed by atoms with Gasteiger partial charge >= 0.3 is 0 Å². The van der Waals surface area contributed by atoms with Crippen molar-refractivity contribution in [1.29, 1.82) is 0 Å². The van der Waals surface area contributed by atoms with Gasteiger partial charge < -0.3 is 4.90 Å². The van der Waals surface area contributed by atoms with E-state index in [1.54, 1.807) is 59.5 Å². The Morgan fingerprint density at radius 2 is 1.44 bits per heavy atom. The third-order valence-electron chi connectivity index (χ3n) is 5.96. The third-order valence-corrected chi connectivity index (χ3v) is 8.81. The van der Waals surface area contributed by atoms with Crippen LogP contribution in [0.2, 0.25) is 0 Å². The molecule has 0 N–H and O–H groups in total. The fourth-order valence-corrected chi connectivity index (χ4v) is 7.47. The smallest absolute Gasteiger partial charge is 0.267 e. The molecule has 0 bridgehead atoms. The summed E-state index contributed by atoms with van der Waals surface area (Å²) >= 11 is 1.46. The highest BCUT2D eigenvalue weighted by atomic mass is 32.2. The van der Waals surface area contributed by atoms with Gasteiger partial charge in [0.1, 0.15) is 6.04 Å². The van der Waals surface area contributed by atoms with Crippen molar-refractivity contribution in [3.8, 4) is 0 Å². The zero-order valence-corrected chi connectivity index (χ0v) is 18.6. The molecule has 1 spiro atoms. The first-order chi connectivity index (χ1) is 15.5. The summed E-state index contributed by atoms with van der Waals surface area (Å²) in [5.41, 5.74) is -0.0980. The van der Waals surface area contributed by atoms with E-state index in [9.17, 15) is 18.0 Å². The minimum atomic E-state index is -4.09. The van der Waals surface area contributed by atoms with Gasteiger partial charge in [-0.3, -0.25) is 9.59 Å². The lowest BCUT2D eigenvalue weighted by Gasteiger charge is -2.56. The van der Waals surface area contributed by atoms with E-state index in [1.165, 1.54) is 23.9 Å². The molecule has 8 heteroatoms. The highest BCUT2D eigenvalue weighted by molar-refractivity contribution is 7.99. The van der Waals surface area contributed by atoms with E-state index in [0.717, 1.165) is 4.31 Å². The average molecular weight is 465 g/mol. The molecule has 2 amide bonds. The molecule has 2 aliphatic heterocycles. The van der Waals surface area contributed by atoms with Crippen LogP contribution in [0.1, 0.15) is 22.0 Å². The second-order valence-corrected chi connectivity index (χ2v) is 10.5. The van der Waals surface area contributed by atoms with Gasteiger partial charge in [-0.15, -0.1) is 11.8 Å². The van der Waals surface area contributed by atoms with Crippen LogP contribution >= 0.6 is 11.8 Å². The number of carbonyl (C=O) groups is 2. The highest BCUT2D eigenvalue weighted by Gasteiger charge is 2.70. The Morgan fingerprint density at radius 1 is 0.875 bits per heavy atom. The lowest BCUT2D eigenvalue weighted by Crippen LogP contribution is -2.76. The van der Waals surface area contributed by atoms with Crippen LogP contribution in [0.3, 0.4) is 0 Å². The molecule has 0 saturated carbocycles. The summed E-state index contributed by atoms with van der Waals surface area (Å²) in [6, 6.07) is 25.0. The Labute approximate surface area is 190 Å². The maximum absolute atomic E-state index is 13.7. The van der Waals surface area contributed by atoms with Crippen molar-refractivity contribution in [1.82, 2.24) is 9.21 Å². The Hall–Kier alpha value is -3.10. The molecule has 5 rings (SSSR count). The number of sulfonamides is 1. The van der Waals surface area contributed by atoms with E-state index >= 15 is 0 Å². The number of amides is 2. The molecular weight excluding hydrogens is 444 g/mol. The van der Waals surface area contributed by atoms with Crippen molar-refractivity contribution in [2.24, 2.45) is 0 Å². The summed E-state index contributed by atoms with van der Waals surface area (Å²) in [5, 5.41) is 0. The lowest BCUT2D eigenvalue weighted by molar-refractivity contribution is -0.157. The molecule has 0 radical (unpaired) electrons. The van der Waals surface area contributed by atoms with Crippen LogP contribution in [-0.2, 0) is 14.8 Å². The van der Waals surface area contributed by atoms with Crippen LogP contribution < -0.4 is 0 Å². The van der Waals surface area contributed by atoms with Gasteiger partial charge in [0.05, 0.1) is 10.8 Å². The largest absolute Gasteiger partial charge is 0.311 e. The maximum Gasteiger partial charge on any atom is 0.267 e. The van der Waals surface area contributed by atoms with Crippen LogP contribution in [-0.4, -0.2) is 46.6 Å². The van der Waals surface area contributed by atoms with E-state index in [4.69, 9.17) is 0 Å². The minimum Gasteiger partial charge on any atom is -0.311 e. The van der Waals surface area contributed by atoms with Crippen LogP contribution in [0.15, 0.2) is 95.9 Å². The number of rotatable bonds is 4. The summed E-state index contributed by atoms with van der Waals surface area (Å²) < 4.78 is 27.9. The SMILES string of the molecule is O=C(c1ccccc1)N1CSC[C@@]12C(=O)N(S(=O)(=O)c1ccccc1)[C@@H]2c1ccccc1. The van der Waals surface area contributed by atoms with E-state index in [2.05, 4.69) is 0 Å². The van der Waals surface area contributed by atoms with Gasteiger partial charge in [0.15, 0.2) is 5.54 Å². The Kier molecular flexibility index (Phi) is 5.06. The van der Waals surface area contributed by atoms with Crippen molar-refractivity contribution in [2.75, 3.05) is 11.6 Å². The molecule has 6 nitrogen and oxygen atoms in total. The Balaban J connectivity index is 1.63. The quantitative estimate of drug-likeness (QED) is 0.552. The van der Waals surface area contributed by atoms with Gasteiger partial charge in [-0.1, -0.05) is 66.7 Å². The first-order valence-corrected chi connectivity index (χ1v) is 12.7. The first-order valence-electron chi connectivity index (χ1n) is 10.1. The molecule has 32 heavy (non-hydrogen) atoms. The monoisotopic (exact) mass is 464 g/mol. The average Bonchev–Trinajstić information content (AvgIpc) is 3.31. The number of benzene rings is 3. The molecule has 2 saturated heterocycles. The molecule has 2 atom stereocenters. The number of thioether (sulfide) groups is 1. The number of nitrogens with zero attached hydrogens (tertiary/aromatic N) is 2. The lowest BCUT2D eigenvalue weighted by atomic mass is 9.77.